The standard InChI is InChI=1S/C12H11FN2O2/c13-9-1-2-11(16)10(5-9)12(17)15-7-8-3-4-14-6-8/h1-6,14,16H,7H2,(H,15,17). The number of phenolic OH excluding ortho intramolecular Hbond substituents is 1. The number of hydrogen-bond donors (Lipinski definition) is 3. The molecule has 1 amide bonds. The second-order valence-corrected chi connectivity index (χ2v) is 3.56. The van der Waals surface area contributed by atoms with E-state index in [0.29, 0.717) is 6.54 Å². The Balaban J connectivity index is 2.07. The fourth-order valence-electron chi connectivity index (χ4n) is 1.44. The lowest BCUT2D eigenvalue weighted by Crippen LogP contribution is -2.22. The van der Waals surface area contributed by atoms with Crippen molar-refractivity contribution in [2.24, 2.45) is 0 Å². The zero-order valence-electron chi connectivity index (χ0n) is 8.90. The summed E-state index contributed by atoms with van der Waals surface area (Å²) in [6, 6.07) is 5.06. The molecule has 0 fully saturated rings. The van der Waals surface area contributed by atoms with Crippen molar-refractivity contribution in [2.75, 3.05) is 0 Å². The molecule has 2 rings (SSSR count). The minimum atomic E-state index is -0.561. The molecule has 0 saturated heterocycles. The first-order valence-corrected chi connectivity index (χ1v) is 5.05. The molecule has 0 unspecified atom stereocenters. The number of benzene rings is 1. The molecule has 0 radical (unpaired) electrons. The van der Waals surface area contributed by atoms with Crippen LogP contribution in [-0.4, -0.2) is 16.0 Å². The molecule has 5 heteroatoms. The summed E-state index contributed by atoms with van der Waals surface area (Å²) in [7, 11) is 0. The molecular weight excluding hydrogens is 223 g/mol. The Kier molecular flexibility index (Phi) is 3.09. The molecule has 2 aromatic rings. The fraction of sp³-hybridized carbons (Fsp3) is 0.0833. The molecule has 0 bridgehead atoms. The Morgan fingerprint density at radius 3 is 2.94 bits per heavy atom. The van der Waals surface area contributed by atoms with Crippen molar-refractivity contribution in [1.29, 1.82) is 0 Å². The van der Waals surface area contributed by atoms with Gasteiger partial charge in [0.25, 0.3) is 5.91 Å². The summed E-state index contributed by atoms with van der Waals surface area (Å²) in [5.41, 5.74) is 0.828. The number of hydrogen-bond acceptors (Lipinski definition) is 2. The first-order valence-electron chi connectivity index (χ1n) is 5.05. The SMILES string of the molecule is O=C(NCc1cc[nH]c1)c1cc(F)ccc1O. The monoisotopic (exact) mass is 234 g/mol. The molecule has 17 heavy (non-hydrogen) atoms. The third-order valence-corrected chi connectivity index (χ3v) is 2.32. The van der Waals surface area contributed by atoms with Gasteiger partial charge in [0.05, 0.1) is 5.56 Å². The van der Waals surface area contributed by atoms with Gasteiger partial charge >= 0.3 is 0 Å². The predicted octanol–water partition coefficient (Wildman–Crippen LogP) is 1.79. The molecule has 88 valence electrons. The highest BCUT2D eigenvalue weighted by Gasteiger charge is 2.11. The van der Waals surface area contributed by atoms with E-state index in [4.69, 9.17) is 0 Å². The summed E-state index contributed by atoms with van der Waals surface area (Å²) >= 11 is 0. The predicted molar refractivity (Wildman–Crippen MR) is 60.0 cm³/mol. The number of phenols is 1. The molecule has 0 aliphatic heterocycles. The van der Waals surface area contributed by atoms with Crippen molar-refractivity contribution in [3.63, 3.8) is 0 Å². The van der Waals surface area contributed by atoms with Crippen LogP contribution in [0.3, 0.4) is 0 Å². The van der Waals surface area contributed by atoms with Gasteiger partial charge in [0.15, 0.2) is 0 Å². The summed E-state index contributed by atoms with van der Waals surface area (Å²) in [6.45, 7) is 0.318. The van der Waals surface area contributed by atoms with Gasteiger partial charge in [0, 0.05) is 18.9 Å². The van der Waals surface area contributed by atoms with E-state index in [9.17, 15) is 14.3 Å². The molecule has 0 aliphatic carbocycles. The van der Waals surface area contributed by atoms with Crippen molar-refractivity contribution in [1.82, 2.24) is 10.3 Å². The van der Waals surface area contributed by atoms with Gasteiger partial charge in [-0.1, -0.05) is 0 Å². The summed E-state index contributed by atoms with van der Waals surface area (Å²) in [6.07, 6.45) is 3.48. The molecule has 0 spiro atoms. The third kappa shape index (κ3) is 2.63. The number of carbonyl (C=O) groups excluding carboxylic acids is 1. The number of halogens is 1. The summed E-state index contributed by atoms with van der Waals surface area (Å²) in [5, 5.41) is 12.0. The topological polar surface area (TPSA) is 65.1 Å². The van der Waals surface area contributed by atoms with Crippen LogP contribution >= 0.6 is 0 Å². The number of carbonyl (C=O) groups is 1. The lowest BCUT2D eigenvalue weighted by Gasteiger charge is -2.05. The number of rotatable bonds is 3. The lowest BCUT2D eigenvalue weighted by molar-refractivity contribution is 0.0948. The van der Waals surface area contributed by atoms with Crippen molar-refractivity contribution in [3.05, 3.63) is 53.6 Å². The Morgan fingerprint density at radius 2 is 2.24 bits per heavy atom. The van der Waals surface area contributed by atoms with E-state index in [1.165, 1.54) is 0 Å². The van der Waals surface area contributed by atoms with E-state index in [-0.39, 0.29) is 11.3 Å². The van der Waals surface area contributed by atoms with Crippen LogP contribution in [0.25, 0.3) is 0 Å². The molecular formula is C12H11FN2O2. The minimum Gasteiger partial charge on any atom is -0.507 e. The van der Waals surface area contributed by atoms with Crippen LogP contribution in [0.15, 0.2) is 36.7 Å². The summed E-state index contributed by atoms with van der Waals surface area (Å²) in [4.78, 5) is 14.5. The Morgan fingerprint density at radius 1 is 1.41 bits per heavy atom. The zero-order chi connectivity index (χ0) is 12.3. The van der Waals surface area contributed by atoms with Crippen molar-refractivity contribution in [2.45, 2.75) is 6.54 Å². The first kappa shape index (κ1) is 11.2. The Labute approximate surface area is 97.1 Å². The smallest absolute Gasteiger partial charge is 0.255 e. The van der Waals surface area contributed by atoms with Crippen LogP contribution < -0.4 is 5.32 Å². The molecule has 0 saturated carbocycles. The van der Waals surface area contributed by atoms with Crippen molar-refractivity contribution < 1.29 is 14.3 Å². The molecule has 4 nitrogen and oxygen atoms in total. The number of aromatic nitrogens is 1. The van der Waals surface area contributed by atoms with Crippen molar-refractivity contribution in [3.8, 4) is 5.75 Å². The largest absolute Gasteiger partial charge is 0.507 e. The van der Waals surface area contributed by atoms with E-state index in [2.05, 4.69) is 10.3 Å². The van der Waals surface area contributed by atoms with Gasteiger partial charge in [-0.05, 0) is 29.8 Å². The fourth-order valence-corrected chi connectivity index (χ4v) is 1.44. The van der Waals surface area contributed by atoms with Crippen LogP contribution in [0.4, 0.5) is 4.39 Å². The Bertz CT molecular complexity index is 523. The van der Waals surface area contributed by atoms with E-state index < -0.39 is 11.7 Å². The van der Waals surface area contributed by atoms with Crippen LogP contribution in [0, 0.1) is 5.82 Å². The van der Waals surface area contributed by atoms with Gasteiger partial charge in [-0.2, -0.15) is 0 Å². The second kappa shape index (κ2) is 4.69. The minimum absolute atomic E-state index is 0.0689. The van der Waals surface area contributed by atoms with Gasteiger partial charge in [-0.3, -0.25) is 4.79 Å². The lowest BCUT2D eigenvalue weighted by atomic mass is 10.2. The van der Waals surface area contributed by atoms with Gasteiger partial charge in [-0.15, -0.1) is 0 Å². The molecule has 1 aromatic heterocycles. The number of H-pyrrole nitrogens is 1. The van der Waals surface area contributed by atoms with Gasteiger partial charge in [0.2, 0.25) is 0 Å². The zero-order valence-corrected chi connectivity index (χ0v) is 8.90. The number of aromatic amines is 1. The summed E-state index contributed by atoms with van der Waals surface area (Å²) < 4.78 is 12.9. The average Bonchev–Trinajstić information content (AvgIpc) is 2.82. The highest BCUT2D eigenvalue weighted by molar-refractivity contribution is 5.96. The first-order chi connectivity index (χ1) is 8.16. The maximum absolute atomic E-state index is 12.9. The molecule has 1 aromatic carbocycles. The third-order valence-electron chi connectivity index (χ3n) is 2.32. The molecule has 3 N–H and O–H groups in total. The van der Waals surface area contributed by atoms with Gasteiger partial charge in [-0.25, -0.2) is 4.39 Å². The quantitative estimate of drug-likeness (QED) is 0.758. The van der Waals surface area contributed by atoms with E-state index in [1.54, 1.807) is 12.4 Å². The van der Waals surface area contributed by atoms with Crippen molar-refractivity contribution >= 4 is 5.91 Å². The Hall–Kier alpha value is -2.30. The van der Waals surface area contributed by atoms with Crippen LogP contribution in [0.5, 0.6) is 5.75 Å². The van der Waals surface area contributed by atoms with Crippen LogP contribution in [0.2, 0.25) is 0 Å². The maximum Gasteiger partial charge on any atom is 0.255 e. The number of aromatic hydroxyl groups is 1. The second-order valence-electron chi connectivity index (χ2n) is 3.56. The highest BCUT2D eigenvalue weighted by atomic mass is 19.1. The highest BCUT2D eigenvalue weighted by Crippen LogP contribution is 2.17. The van der Waals surface area contributed by atoms with Gasteiger partial charge in [0.1, 0.15) is 11.6 Å². The summed E-state index contributed by atoms with van der Waals surface area (Å²) in [5.74, 6) is -1.31. The molecule has 1 heterocycles. The molecule has 0 aliphatic rings. The normalized spacial score (nSPS) is 10.2. The molecule has 0 atom stereocenters. The van der Waals surface area contributed by atoms with E-state index in [1.807, 2.05) is 6.07 Å². The van der Waals surface area contributed by atoms with E-state index >= 15 is 0 Å². The average molecular weight is 234 g/mol. The maximum atomic E-state index is 12.9. The van der Waals surface area contributed by atoms with Crippen LogP contribution in [0.1, 0.15) is 15.9 Å². The van der Waals surface area contributed by atoms with E-state index in [0.717, 1.165) is 23.8 Å². The number of nitrogens with one attached hydrogen (secondary N) is 2. The number of amides is 1. The van der Waals surface area contributed by atoms with Crippen LogP contribution in [-0.2, 0) is 6.54 Å². The van der Waals surface area contributed by atoms with Gasteiger partial charge < -0.3 is 15.4 Å².